The average molecular weight is 406 g/mol. The smallest absolute Gasteiger partial charge is 0.438 e. The Bertz CT molecular complexity index is 1130. The van der Waals surface area contributed by atoms with Crippen LogP contribution in [0.5, 0.6) is 17.4 Å². The second kappa shape index (κ2) is 7.05. The Morgan fingerprint density at radius 2 is 1.71 bits per heavy atom. The zero-order valence-corrected chi connectivity index (χ0v) is 14.8. The monoisotopic (exact) mass is 405 g/mol. The van der Waals surface area contributed by atoms with Crippen molar-refractivity contribution in [1.82, 2.24) is 14.6 Å². The highest BCUT2D eigenvalue weighted by atomic mass is 35.5. The summed E-state index contributed by atoms with van der Waals surface area (Å²) in [7, 11) is 0. The molecule has 0 aliphatic carbocycles. The van der Waals surface area contributed by atoms with E-state index in [1.807, 2.05) is 0 Å². The fraction of sp³-hybridized carbons (Fsp3) is 0.0526. The van der Waals surface area contributed by atoms with E-state index < -0.39 is 6.36 Å². The summed E-state index contributed by atoms with van der Waals surface area (Å²) in [5, 5.41) is 4.93. The van der Waals surface area contributed by atoms with Crippen LogP contribution in [0.25, 0.3) is 16.9 Å². The maximum atomic E-state index is 12.3. The summed E-state index contributed by atoms with van der Waals surface area (Å²) < 4.78 is 48.1. The third-order valence-electron chi connectivity index (χ3n) is 3.74. The molecule has 4 aromatic rings. The molecule has 0 atom stereocenters. The molecule has 0 bridgehead atoms. The van der Waals surface area contributed by atoms with Crippen molar-refractivity contribution in [3.05, 3.63) is 71.9 Å². The summed E-state index contributed by atoms with van der Waals surface area (Å²) in [6.07, 6.45) is -3.16. The number of rotatable bonds is 4. The number of nitrogens with zero attached hydrogens (tertiary/aromatic N) is 3. The van der Waals surface area contributed by atoms with Crippen molar-refractivity contribution in [2.24, 2.45) is 0 Å². The van der Waals surface area contributed by atoms with Crippen LogP contribution in [0.1, 0.15) is 0 Å². The van der Waals surface area contributed by atoms with Crippen LogP contribution < -0.4 is 9.47 Å². The first kappa shape index (κ1) is 18.1. The van der Waals surface area contributed by atoms with Crippen LogP contribution in [-0.2, 0) is 0 Å². The van der Waals surface area contributed by atoms with Gasteiger partial charge in [0.15, 0.2) is 5.65 Å². The number of alkyl halides is 3. The highest BCUT2D eigenvalue weighted by molar-refractivity contribution is 6.30. The molecule has 0 saturated heterocycles. The third kappa shape index (κ3) is 4.01. The van der Waals surface area contributed by atoms with Crippen molar-refractivity contribution in [3.63, 3.8) is 0 Å². The van der Waals surface area contributed by atoms with E-state index in [-0.39, 0.29) is 5.75 Å². The van der Waals surface area contributed by atoms with Gasteiger partial charge in [-0.1, -0.05) is 17.7 Å². The molecule has 0 fully saturated rings. The van der Waals surface area contributed by atoms with Crippen molar-refractivity contribution in [2.75, 3.05) is 0 Å². The lowest BCUT2D eigenvalue weighted by molar-refractivity contribution is -0.274. The zero-order chi connectivity index (χ0) is 19.7. The largest absolute Gasteiger partial charge is 0.573 e. The van der Waals surface area contributed by atoms with Crippen LogP contribution >= 0.6 is 11.6 Å². The molecule has 2 heterocycles. The molecule has 0 aliphatic rings. The van der Waals surface area contributed by atoms with E-state index in [1.165, 1.54) is 24.3 Å². The fourth-order valence-electron chi connectivity index (χ4n) is 2.59. The van der Waals surface area contributed by atoms with Crippen molar-refractivity contribution >= 4 is 17.2 Å². The van der Waals surface area contributed by atoms with Crippen LogP contribution in [0.2, 0.25) is 5.02 Å². The molecular formula is C19H11ClF3N3O2. The molecule has 0 radical (unpaired) electrons. The Morgan fingerprint density at radius 3 is 2.43 bits per heavy atom. The minimum Gasteiger partial charge on any atom is -0.438 e. The summed E-state index contributed by atoms with van der Waals surface area (Å²) in [4.78, 5) is 4.25. The number of ether oxygens (including phenoxy) is 2. The standard InChI is InChI=1S/C19H11ClF3N3O2/c20-13-2-1-3-15(10-13)27-18-9-8-17-24-11-16(26(17)25-18)12-4-6-14(7-5-12)28-19(21,22)23/h1-11H. The van der Waals surface area contributed by atoms with Gasteiger partial charge in [0.05, 0.1) is 11.9 Å². The molecule has 28 heavy (non-hydrogen) atoms. The summed E-state index contributed by atoms with van der Waals surface area (Å²) in [5.41, 5.74) is 1.77. The van der Waals surface area contributed by atoms with Crippen LogP contribution in [0, 0.1) is 0 Å². The number of hydrogen-bond donors (Lipinski definition) is 0. The second-order valence-electron chi connectivity index (χ2n) is 5.72. The van der Waals surface area contributed by atoms with Crippen molar-refractivity contribution < 1.29 is 22.6 Å². The van der Waals surface area contributed by atoms with E-state index in [1.54, 1.807) is 47.1 Å². The quantitative estimate of drug-likeness (QED) is 0.434. The van der Waals surface area contributed by atoms with Crippen LogP contribution in [0.4, 0.5) is 13.2 Å². The van der Waals surface area contributed by atoms with E-state index in [2.05, 4.69) is 14.8 Å². The Labute approximate surface area is 161 Å². The summed E-state index contributed by atoms with van der Waals surface area (Å²) in [6.45, 7) is 0. The van der Waals surface area contributed by atoms with Crippen LogP contribution in [0.15, 0.2) is 66.9 Å². The Hall–Kier alpha value is -3.26. The molecule has 0 aliphatic heterocycles. The summed E-state index contributed by atoms with van der Waals surface area (Å²) in [6, 6.07) is 15.7. The maximum Gasteiger partial charge on any atom is 0.573 e. The van der Waals surface area contributed by atoms with Gasteiger partial charge >= 0.3 is 6.36 Å². The zero-order valence-electron chi connectivity index (χ0n) is 14.0. The van der Waals surface area contributed by atoms with Gasteiger partial charge in [-0.3, -0.25) is 0 Å². The topological polar surface area (TPSA) is 48.7 Å². The van der Waals surface area contributed by atoms with E-state index >= 15 is 0 Å². The minimum absolute atomic E-state index is 0.303. The van der Waals surface area contributed by atoms with Crippen LogP contribution in [0.3, 0.4) is 0 Å². The number of imidazole rings is 1. The molecule has 0 N–H and O–H groups in total. The summed E-state index contributed by atoms with van der Waals surface area (Å²) in [5.74, 6) is 0.531. The lowest BCUT2D eigenvalue weighted by atomic mass is 10.1. The van der Waals surface area contributed by atoms with E-state index in [0.29, 0.717) is 33.6 Å². The van der Waals surface area contributed by atoms with Gasteiger partial charge in [0.25, 0.3) is 0 Å². The molecule has 2 aromatic carbocycles. The average Bonchev–Trinajstić information content (AvgIpc) is 3.04. The predicted octanol–water partition coefficient (Wildman–Crippen LogP) is 5.74. The number of halogens is 4. The highest BCUT2D eigenvalue weighted by Gasteiger charge is 2.31. The molecular weight excluding hydrogens is 395 g/mol. The normalized spacial score (nSPS) is 11.6. The molecule has 0 amide bonds. The highest BCUT2D eigenvalue weighted by Crippen LogP contribution is 2.28. The molecule has 142 valence electrons. The first-order chi connectivity index (χ1) is 13.4. The van der Waals surface area contributed by atoms with Gasteiger partial charge in [0.2, 0.25) is 5.88 Å². The molecule has 5 nitrogen and oxygen atoms in total. The predicted molar refractivity (Wildman–Crippen MR) is 96.6 cm³/mol. The number of aromatic nitrogens is 3. The lowest BCUT2D eigenvalue weighted by Gasteiger charge is -2.09. The molecule has 0 spiro atoms. The first-order valence-corrected chi connectivity index (χ1v) is 8.40. The second-order valence-corrected chi connectivity index (χ2v) is 6.15. The van der Waals surface area contributed by atoms with E-state index in [4.69, 9.17) is 16.3 Å². The van der Waals surface area contributed by atoms with E-state index in [9.17, 15) is 13.2 Å². The molecule has 9 heteroatoms. The summed E-state index contributed by atoms with van der Waals surface area (Å²) >= 11 is 5.95. The molecule has 4 rings (SSSR count). The van der Waals surface area contributed by atoms with Crippen molar-refractivity contribution in [1.29, 1.82) is 0 Å². The molecule has 2 aromatic heterocycles. The Kier molecular flexibility index (Phi) is 4.56. The minimum atomic E-state index is -4.74. The SMILES string of the molecule is FC(F)(F)Oc1ccc(-c2cnc3ccc(Oc4cccc(Cl)c4)nn23)cc1. The number of hydrogen-bond acceptors (Lipinski definition) is 4. The van der Waals surface area contributed by atoms with Gasteiger partial charge in [-0.05, 0) is 48.5 Å². The first-order valence-electron chi connectivity index (χ1n) is 8.02. The van der Waals surface area contributed by atoms with Gasteiger partial charge in [-0.15, -0.1) is 18.3 Å². The Balaban J connectivity index is 1.64. The lowest BCUT2D eigenvalue weighted by Crippen LogP contribution is -2.16. The van der Waals surface area contributed by atoms with Crippen LogP contribution in [-0.4, -0.2) is 21.0 Å². The van der Waals surface area contributed by atoms with Gasteiger partial charge in [-0.25, -0.2) is 9.50 Å². The van der Waals surface area contributed by atoms with Crippen molar-refractivity contribution in [3.8, 4) is 28.6 Å². The number of benzene rings is 2. The van der Waals surface area contributed by atoms with Gasteiger partial charge < -0.3 is 9.47 Å². The molecule has 0 saturated carbocycles. The van der Waals surface area contributed by atoms with Gasteiger partial charge in [0.1, 0.15) is 11.5 Å². The maximum absolute atomic E-state index is 12.3. The van der Waals surface area contributed by atoms with Gasteiger partial charge in [0, 0.05) is 16.7 Å². The Morgan fingerprint density at radius 1 is 0.929 bits per heavy atom. The van der Waals surface area contributed by atoms with E-state index in [0.717, 1.165) is 0 Å². The third-order valence-corrected chi connectivity index (χ3v) is 3.98. The molecule has 0 unspecified atom stereocenters. The van der Waals surface area contributed by atoms with Crippen molar-refractivity contribution in [2.45, 2.75) is 6.36 Å². The fourth-order valence-corrected chi connectivity index (χ4v) is 2.77. The van der Waals surface area contributed by atoms with Gasteiger partial charge in [-0.2, -0.15) is 0 Å². The number of fused-ring (bicyclic) bond motifs is 1.